The molecule has 0 radical (unpaired) electrons. The quantitative estimate of drug-likeness (QED) is 0.314. The van der Waals surface area contributed by atoms with Crippen molar-refractivity contribution in [3.8, 4) is 0 Å². The molecule has 1 aromatic carbocycles. The Hall–Kier alpha value is -5.13. The molecule has 1 aliphatic rings. The van der Waals surface area contributed by atoms with Gasteiger partial charge in [0.05, 0.1) is 17.8 Å². The molecule has 0 bridgehead atoms. The molecule has 0 spiro atoms. The Labute approximate surface area is 215 Å². The molecule has 4 heterocycles. The van der Waals surface area contributed by atoms with E-state index in [1.807, 2.05) is 6.07 Å². The summed E-state index contributed by atoms with van der Waals surface area (Å²) < 4.78 is 3.01. The van der Waals surface area contributed by atoms with Gasteiger partial charge >= 0.3 is 5.97 Å². The van der Waals surface area contributed by atoms with E-state index in [-0.39, 0.29) is 29.5 Å². The Balaban J connectivity index is 1.23. The van der Waals surface area contributed by atoms with Crippen LogP contribution in [-0.2, 0) is 13.0 Å². The van der Waals surface area contributed by atoms with Gasteiger partial charge in [0.1, 0.15) is 17.7 Å². The maximum absolute atomic E-state index is 13.4. The van der Waals surface area contributed by atoms with Gasteiger partial charge in [0.15, 0.2) is 11.3 Å². The Morgan fingerprint density at radius 1 is 1.08 bits per heavy atom. The molecule has 2 amide bonds. The number of carboxylic acids is 1. The Morgan fingerprint density at radius 2 is 1.95 bits per heavy atom. The molecule has 0 saturated carbocycles. The van der Waals surface area contributed by atoms with Crippen molar-refractivity contribution in [2.75, 3.05) is 0 Å². The second-order valence-electron chi connectivity index (χ2n) is 9.09. The van der Waals surface area contributed by atoms with Crippen molar-refractivity contribution >= 4 is 29.1 Å². The SMILES string of the molecule is Cc1c(C(=O)O)ccc2c1CC[C@@H]2NC(=O)c1cc(C(=O)NCc2ccc3ncnn3c2)nc2ccnn12. The Bertz CT molecular complexity index is 1760. The number of nitrogens with one attached hydrogen (secondary N) is 2. The van der Waals surface area contributed by atoms with E-state index in [2.05, 4.69) is 30.8 Å². The van der Waals surface area contributed by atoms with Gasteiger partial charge in [0.25, 0.3) is 11.8 Å². The highest BCUT2D eigenvalue weighted by atomic mass is 16.4. The fourth-order valence-electron chi connectivity index (χ4n) is 4.92. The van der Waals surface area contributed by atoms with Gasteiger partial charge in [-0.25, -0.2) is 23.8 Å². The number of hydrogen-bond donors (Lipinski definition) is 3. The normalized spacial score (nSPS) is 14.5. The standard InChI is InChI=1S/C26H22N8O4/c1-14-16-5-6-19(18(16)4-3-17(14)26(37)38)32-25(36)21-10-20(31-23-8-9-29-34(21)23)24(35)27-11-15-2-7-22-28-13-30-33(22)12-15/h2-4,7-10,12-13,19H,5-6,11H2,1H3,(H,27,35)(H,32,36)(H,37,38)/t19-/m0/s1. The summed E-state index contributed by atoms with van der Waals surface area (Å²) >= 11 is 0. The van der Waals surface area contributed by atoms with Crippen LogP contribution in [0.1, 0.15) is 66.1 Å². The van der Waals surface area contributed by atoms with Crippen molar-refractivity contribution in [3.05, 3.63) is 94.3 Å². The molecular weight excluding hydrogens is 488 g/mol. The minimum Gasteiger partial charge on any atom is -0.478 e. The van der Waals surface area contributed by atoms with Crippen LogP contribution < -0.4 is 10.6 Å². The molecule has 5 aromatic rings. The minimum atomic E-state index is -0.972. The fourth-order valence-corrected chi connectivity index (χ4v) is 4.92. The largest absolute Gasteiger partial charge is 0.478 e. The van der Waals surface area contributed by atoms with Crippen LogP contribution in [0.5, 0.6) is 0 Å². The van der Waals surface area contributed by atoms with Gasteiger partial charge in [-0.05, 0) is 54.2 Å². The lowest BCUT2D eigenvalue weighted by atomic mass is 9.98. The van der Waals surface area contributed by atoms with E-state index in [9.17, 15) is 19.5 Å². The average molecular weight is 511 g/mol. The monoisotopic (exact) mass is 510 g/mol. The van der Waals surface area contributed by atoms with E-state index in [1.54, 1.807) is 41.9 Å². The van der Waals surface area contributed by atoms with E-state index in [0.29, 0.717) is 29.7 Å². The number of carbonyl (C=O) groups excluding carboxylic acids is 2. The fraction of sp³-hybridized carbons (Fsp3) is 0.192. The molecule has 0 unspecified atom stereocenters. The summed E-state index contributed by atoms with van der Waals surface area (Å²) in [6.07, 6.45) is 6.04. The third-order valence-corrected chi connectivity index (χ3v) is 6.84. The minimum absolute atomic E-state index is 0.0822. The number of hydrogen-bond acceptors (Lipinski definition) is 7. The van der Waals surface area contributed by atoms with Crippen LogP contribution in [0, 0.1) is 6.92 Å². The van der Waals surface area contributed by atoms with Crippen molar-refractivity contribution in [3.63, 3.8) is 0 Å². The van der Waals surface area contributed by atoms with Crippen LogP contribution in [0.4, 0.5) is 0 Å². The maximum atomic E-state index is 13.4. The smallest absolute Gasteiger partial charge is 0.335 e. The highest BCUT2D eigenvalue weighted by molar-refractivity contribution is 5.98. The van der Waals surface area contributed by atoms with Gasteiger partial charge in [-0.15, -0.1) is 0 Å². The lowest BCUT2D eigenvalue weighted by Crippen LogP contribution is -2.30. The van der Waals surface area contributed by atoms with Crippen LogP contribution in [0.3, 0.4) is 0 Å². The molecule has 4 aromatic heterocycles. The number of nitrogens with zero attached hydrogens (tertiary/aromatic N) is 6. The summed E-state index contributed by atoms with van der Waals surface area (Å²) in [5.74, 6) is -1.82. The number of carboxylic acid groups (broad SMARTS) is 1. The average Bonchev–Trinajstić information content (AvgIpc) is 3.66. The number of carbonyl (C=O) groups is 3. The third-order valence-electron chi connectivity index (χ3n) is 6.84. The molecule has 0 saturated heterocycles. The van der Waals surface area contributed by atoms with Crippen molar-refractivity contribution in [2.24, 2.45) is 0 Å². The van der Waals surface area contributed by atoms with Gasteiger partial charge in [-0.2, -0.15) is 10.2 Å². The number of fused-ring (bicyclic) bond motifs is 3. The zero-order valence-corrected chi connectivity index (χ0v) is 20.3. The number of pyridine rings is 1. The molecule has 3 N–H and O–H groups in total. The van der Waals surface area contributed by atoms with Crippen molar-refractivity contribution in [1.29, 1.82) is 0 Å². The topological polar surface area (TPSA) is 156 Å². The van der Waals surface area contributed by atoms with E-state index < -0.39 is 17.8 Å². The molecule has 6 rings (SSSR count). The lowest BCUT2D eigenvalue weighted by Gasteiger charge is -2.16. The summed E-state index contributed by atoms with van der Waals surface area (Å²) in [6.45, 7) is 2.02. The first-order chi connectivity index (χ1) is 18.4. The predicted octanol–water partition coefficient (Wildman–Crippen LogP) is 2.13. The molecule has 0 aliphatic heterocycles. The second kappa shape index (κ2) is 9.07. The van der Waals surface area contributed by atoms with Crippen molar-refractivity contribution in [1.82, 2.24) is 39.8 Å². The van der Waals surface area contributed by atoms with Crippen LogP contribution >= 0.6 is 0 Å². The van der Waals surface area contributed by atoms with Crippen LogP contribution in [0.25, 0.3) is 11.3 Å². The van der Waals surface area contributed by atoms with E-state index >= 15 is 0 Å². The zero-order chi connectivity index (χ0) is 26.4. The zero-order valence-electron chi connectivity index (χ0n) is 20.3. The molecule has 12 heteroatoms. The summed E-state index contributed by atoms with van der Waals surface area (Å²) in [5, 5.41) is 23.6. The summed E-state index contributed by atoms with van der Waals surface area (Å²) in [7, 11) is 0. The number of amides is 2. The number of rotatable bonds is 6. The number of aromatic carboxylic acids is 1. The molecule has 190 valence electrons. The molecular formula is C26H22N8O4. The van der Waals surface area contributed by atoms with Gasteiger partial charge in [-0.3, -0.25) is 9.59 Å². The molecule has 0 fully saturated rings. The molecule has 12 nitrogen and oxygen atoms in total. The lowest BCUT2D eigenvalue weighted by molar-refractivity contribution is 0.0695. The number of aromatic nitrogens is 6. The first-order valence-electron chi connectivity index (χ1n) is 12.0. The van der Waals surface area contributed by atoms with Gasteiger partial charge < -0.3 is 15.7 Å². The van der Waals surface area contributed by atoms with Crippen molar-refractivity contribution in [2.45, 2.75) is 32.4 Å². The molecule has 1 atom stereocenters. The summed E-state index contributed by atoms with van der Waals surface area (Å²) in [6, 6.07) is 9.73. The van der Waals surface area contributed by atoms with Gasteiger partial charge in [0.2, 0.25) is 0 Å². The van der Waals surface area contributed by atoms with Crippen molar-refractivity contribution < 1.29 is 19.5 Å². The number of benzene rings is 1. The molecule has 1 aliphatic carbocycles. The Morgan fingerprint density at radius 3 is 2.79 bits per heavy atom. The summed E-state index contributed by atoms with van der Waals surface area (Å²) in [4.78, 5) is 46.3. The van der Waals surface area contributed by atoms with E-state index in [0.717, 1.165) is 16.7 Å². The van der Waals surface area contributed by atoms with E-state index in [4.69, 9.17) is 0 Å². The first kappa shape index (κ1) is 23.3. The van der Waals surface area contributed by atoms with E-state index in [1.165, 1.54) is 23.1 Å². The van der Waals surface area contributed by atoms with Crippen LogP contribution in [-0.4, -0.2) is 52.1 Å². The van der Waals surface area contributed by atoms with Crippen LogP contribution in [0.2, 0.25) is 0 Å². The first-order valence-corrected chi connectivity index (χ1v) is 12.0. The highest BCUT2D eigenvalue weighted by Crippen LogP contribution is 2.35. The third kappa shape index (κ3) is 4.01. The Kier molecular flexibility index (Phi) is 5.56. The second-order valence-corrected chi connectivity index (χ2v) is 9.09. The van der Waals surface area contributed by atoms with Gasteiger partial charge in [0, 0.05) is 24.9 Å². The molecule has 38 heavy (non-hydrogen) atoms. The maximum Gasteiger partial charge on any atom is 0.335 e. The summed E-state index contributed by atoms with van der Waals surface area (Å²) in [5.41, 5.74) is 4.95. The predicted molar refractivity (Wildman–Crippen MR) is 134 cm³/mol. The van der Waals surface area contributed by atoms with Gasteiger partial charge in [-0.1, -0.05) is 12.1 Å². The van der Waals surface area contributed by atoms with Crippen LogP contribution in [0.15, 0.2) is 55.1 Å². The highest BCUT2D eigenvalue weighted by Gasteiger charge is 2.28.